The normalized spacial score (nSPS) is 24.5. The van der Waals surface area contributed by atoms with Crippen molar-refractivity contribution in [1.29, 1.82) is 0 Å². The maximum atomic E-state index is 2.46. The van der Waals surface area contributed by atoms with Crippen LogP contribution in [0.4, 0.5) is 0 Å². The Morgan fingerprint density at radius 1 is 0.727 bits per heavy atom. The van der Waals surface area contributed by atoms with Crippen molar-refractivity contribution in [2.75, 3.05) is 0 Å². The van der Waals surface area contributed by atoms with Gasteiger partial charge in [-0.2, -0.15) is 0 Å². The van der Waals surface area contributed by atoms with Crippen LogP contribution in [0.15, 0.2) is 0 Å². The minimum atomic E-state index is 0.990. The molecule has 1 aliphatic rings. The molecule has 0 aromatic carbocycles. The molecule has 22 heavy (non-hydrogen) atoms. The lowest BCUT2D eigenvalue weighted by atomic mass is 9.83. The Kier molecular flexibility index (Phi) is 12.2. The lowest BCUT2D eigenvalue weighted by molar-refractivity contribution is 0.299. The van der Waals surface area contributed by atoms with Gasteiger partial charge in [-0.15, -0.1) is 0 Å². The van der Waals surface area contributed by atoms with Crippen LogP contribution < -0.4 is 0 Å². The fourth-order valence-corrected chi connectivity index (χ4v) is 4.32. The molecule has 0 heteroatoms. The highest BCUT2D eigenvalue weighted by Crippen LogP contribution is 2.30. The van der Waals surface area contributed by atoms with Crippen LogP contribution in [-0.2, 0) is 0 Å². The first kappa shape index (κ1) is 20.0. The third-order valence-electron chi connectivity index (χ3n) is 6.03. The highest BCUT2D eigenvalue weighted by Gasteiger charge is 2.15. The van der Waals surface area contributed by atoms with Gasteiger partial charge in [0.2, 0.25) is 0 Å². The molecular weight excluding hydrogens is 264 g/mol. The Bertz CT molecular complexity index is 212. The molecular formula is C22H44. The van der Waals surface area contributed by atoms with Gasteiger partial charge in [0, 0.05) is 0 Å². The molecule has 1 saturated carbocycles. The smallest absolute Gasteiger partial charge is 0.0414 e. The average Bonchev–Trinajstić information content (AvgIpc) is 2.53. The quantitative estimate of drug-likeness (QED) is 0.403. The Hall–Kier alpha value is 0. The molecule has 132 valence electrons. The van der Waals surface area contributed by atoms with E-state index in [1.54, 1.807) is 0 Å². The van der Waals surface area contributed by atoms with Gasteiger partial charge in [-0.05, 0) is 17.8 Å². The molecule has 1 rings (SSSR count). The maximum Gasteiger partial charge on any atom is -0.0414 e. The Morgan fingerprint density at radius 3 is 1.73 bits per heavy atom. The molecule has 0 nitrogen and oxygen atoms in total. The predicted molar refractivity (Wildman–Crippen MR) is 101 cm³/mol. The van der Waals surface area contributed by atoms with Crippen LogP contribution in [0.5, 0.6) is 0 Å². The summed E-state index contributed by atoms with van der Waals surface area (Å²) >= 11 is 0. The van der Waals surface area contributed by atoms with Crippen LogP contribution in [0, 0.1) is 17.8 Å². The van der Waals surface area contributed by atoms with Gasteiger partial charge in [-0.1, -0.05) is 124 Å². The third-order valence-corrected chi connectivity index (χ3v) is 6.03. The van der Waals surface area contributed by atoms with Crippen molar-refractivity contribution in [2.45, 2.75) is 124 Å². The van der Waals surface area contributed by atoms with Crippen molar-refractivity contribution in [1.82, 2.24) is 0 Å². The van der Waals surface area contributed by atoms with E-state index in [9.17, 15) is 0 Å². The van der Waals surface area contributed by atoms with E-state index in [0.717, 1.165) is 17.8 Å². The van der Waals surface area contributed by atoms with Gasteiger partial charge in [0.1, 0.15) is 0 Å². The van der Waals surface area contributed by atoms with Gasteiger partial charge >= 0.3 is 0 Å². The summed E-state index contributed by atoms with van der Waals surface area (Å²) in [6.07, 6.45) is 23.8. The van der Waals surface area contributed by atoms with Crippen molar-refractivity contribution in [3.8, 4) is 0 Å². The Morgan fingerprint density at radius 2 is 1.23 bits per heavy atom. The van der Waals surface area contributed by atoms with Crippen LogP contribution in [0.3, 0.4) is 0 Å². The molecule has 0 aromatic rings. The zero-order valence-corrected chi connectivity index (χ0v) is 16.0. The van der Waals surface area contributed by atoms with E-state index in [2.05, 4.69) is 20.8 Å². The van der Waals surface area contributed by atoms with Crippen molar-refractivity contribution in [3.63, 3.8) is 0 Å². The van der Waals surface area contributed by atoms with E-state index in [0.29, 0.717) is 0 Å². The average molecular weight is 309 g/mol. The fraction of sp³-hybridized carbons (Fsp3) is 1.00. The third kappa shape index (κ3) is 9.90. The summed E-state index contributed by atoms with van der Waals surface area (Å²) < 4.78 is 0. The molecule has 0 aliphatic heterocycles. The monoisotopic (exact) mass is 308 g/mol. The van der Waals surface area contributed by atoms with Crippen molar-refractivity contribution in [3.05, 3.63) is 0 Å². The van der Waals surface area contributed by atoms with Gasteiger partial charge < -0.3 is 0 Å². The minimum absolute atomic E-state index is 0.990. The van der Waals surface area contributed by atoms with E-state index in [1.807, 2.05) is 0 Å². The molecule has 1 aliphatic carbocycles. The molecule has 1 fully saturated rings. The van der Waals surface area contributed by atoms with E-state index in [1.165, 1.54) is 103 Å². The van der Waals surface area contributed by atoms with Gasteiger partial charge in [0.05, 0.1) is 0 Å². The van der Waals surface area contributed by atoms with Gasteiger partial charge in [-0.25, -0.2) is 0 Å². The summed E-state index contributed by atoms with van der Waals surface area (Å²) in [6, 6.07) is 0. The lowest BCUT2D eigenvalue weighted by Crippen LogP contribution is -2.08. The number of rotatable bonds is 9. The molecule has 0 spiro atoms. The molecule has 0 aromatic heterocycles. The first-order valence-electron chi connectivity index (χ1n) is 10.8. The molecule has 0 N–H and O–H groups in total. The molecule has 0 unspecified atom stereocenters. The van der Waals surface area contributed by atoms with Crippen LogP contribution in [0.25, 0.3) is 0 Å². The highest BCUT2D eigenvalue weighted by atomic mass is 14.2. The standard InChI is InChI=1S/C22H44/c1-4-6-14-21(15-7-5-2)18-19-22-16-10-8-12-20(3)13-9-11-17-22/h20-22H,4-19H2,1-3H3. The number of unbranched alkanes of at least 4 members (excludes halogenated alkanes) is 2. The van der Waals surface area contributed by atoms with Crippen LogP contribution >= 0.6 is 0 Å². The molecule has 0 radical (unpaired) electrons. The van der Waals surface area contributed by atoms with Crippen LogP contribution in [0.1, 0.15) is 124 Å². The molecule has 0 amide bonds. The topological polar surface area (TPSA) is 0 Å². The van der Waals surface area contributed by atoms with E-state index in [-0.39, 0.29) is 0 Å². The van der Waals surface area contributed by atoms with Crippen LogP contribution in [-0.4, -0.2) is 0 Å². The second kappa shape index (κ2) is 13.4. The van der Waals surface area contributed by atoms with Gasteiger partial charge in [0.15, 0.2) is 0 Å². The highest BCUT2D eigenvalue weighted by molar-refractivity contribution is 4.68. The van der Waals surface area contributed by atoms with E-state index < -0.39 is 0 Å². The minimum Gasteiger partial charge on any atom is -0.0654 e. The van der Waals surface area contributed by atoms with E-state index in [4.69, 9.17) is 0 Å². The van der Waals surface area contributed by atoms with Crippen molar-refractivity contribution in [2.24, 2.45) is 17.8 Å². The van der Waals surface area contributed by atoms with Gasteiger partial charge in [0.25, 0.3) is 0 Å². The Labute approximate surface area is 141 Å². The SMILES string of the molecule is CCCCC(CCCC)CCC1CCCCC(C)CCCC1. The fourth-order valence-electron chi connectivity index (χ4n) is 4.32. The maximum absolute atomic E-state index is 2.46. The number of hydrogen-bond acceptors (Lipinski definition) is 0. The largest absolute Gasteiger partial charge is 0.0654 e. The van der Waals surface area contributed by atoms with Crippen molar-refractivity contribution < 1.29 is 0 Å². The second-order valence-electron chi connectivity index (χ2n) is 8.27. The zero-order valence-electron chi connectivity index (χ0n) is 16.0. The first-order chi connectivity index (χ1) is 10.8. The Balaban J connectivity index is 2.30. The molecule has 0 heterocycles. The zero-order chi connectivity index (χ0) is 16.0. The molecule has 0 saturated heterocycles. The van der Waals surface area contributed by atoms with Crippen LogP contribution in [0.2, 0.25) is 0 Å². The number of hydrogen-bond donors (Lipinski definition) is 0. The second-order valence-corrected chi connectivity index (χ2v) is 8.27. The predicted octanol–water partition coefficient (Wildman–Crippen LogP) is 8.15. The first-order valence-corrected chi connectivity index (χ1v) is 10.8. The molecule has 0 atom stereocenters. The summed E-state index contributed by atoms with van der Waals surface area (Å²) in [5.41, 5.74) is 0. The molecule has 0 bridgehead atoms. The van der Waals surface area contributed by atoms with Crippen molar-refractivity contribution >= 4 is 0 Å². The summed E-state index contributed by atoms with van der Waals surface area (Å²) in [7, 11) is 0. The van der Waals surface area contributed by atoms with Gasteiger partial charge in [-0.3, -0.25) is 0 Å². The summed E-state index contributed by atoms with van der Waals surface area (Å²) in [5, 5.41) is 0. The lowest BCUT2D eigenvalue weighted by Gasteiger charge is -2.23. The summed E-state index contributed by atoms with van der Waals surface area (Å²) in [6.45, 7) is 7.16. The summed E-state index contributed by atoms with van der Waals surface area (Å²) in [4.78, 5) is 0. The van der Waals surface area contributed by atoms with E-state index >= 15 is 0 Å². The summed E-state index contributed by atoms with van der Waals surface area (Å²) in [5.74, 6) is 3.08.